The van der Waals surface area contributed by atoms with Gasteiger partial charge in [0.05, 0.1) is 32.0 Å². The molecule has 0 aromatic heterocycles. The van der Waals surface area contributed by atoms with E-state index in [0.717, 1.165) is 83.5 Å². The Labute approximate surface area is 433 Å². The molecule has 12 unspecified atom stereocenters. The average Bonchev–Trinajstić information content (AvgIpc) is 3.38. The van der Waals surface area contributed by atoms with Crippen LogP contribution in [0.5, 0.6) is 0 Å². The number of carbonyl (C=O) groups is 1. The van der Waals surface area contributed by atoms with Gasteiger partial charge in [-0.2, -0.15) is 0 Å². The van der Waals surface area contributed by atoms with Gasteiger partial charge in [0.1, 0.15) is 48.8 Å². The highest BCUT2D eigenvalue weighted by Gasteiger charge is 2.51. The Morgan fingerprint density at radius 3 is 1.44 bits per heavy atom. The summed E-state index contributed by atoms with van der Waals surface area (Å²) in [6.07, 6.45) is 43.0. The topological polar surface area (TPSA) is 228 Å². The smallest absolute Gasteiger partial charge is 0.220 e. The molecule has 0 bridgehead atoms. The average molecular weight is 1020 g/mol. The van der Waals surface area contributed by atoms with Gasteiger partial charge in [-0.1, -0.05) is 188 Å². The van der Waals surface area contributed by atoms with E-state index in [2.05, 4.69) is 97.3 Å². The number of unbranched alkanes of at least 4 members (excludes halogenated alkanes) is 14. The van der Waals surface area contributed by atoms with E-state index in [1.165, 1.54) is 57.8 Å². The highest BCUT2D eigenvalue weighted by Crippen LogP contribution is 2.30. The van der Waals surface area contributed by atoms with Crippen LogP contribution in [0.15, 0.2) is 97.2 Å². The van der Waals surface area contributed by atoms with Crippen molar-refractivity contribution in [3.05, 3.63) is 97.2 Å². The van der Waals surface area contributed by atoms with Crippen molar-refractivity contribution < 1.29 is 64.6 Å². The molecule has 72 heavy (non-hydrogen) atoms. The Balaban J connectivity index is 1.52. The van der Waals surface area contributed by atoms with Crippen LogP contribution in [0.4, 0.5) is 0 Å². The molecule has 0 aromatic rings. The third-order valence-corrected chi connectivity index (χ3v) is 12.8. The summed E-state index contributed by atoms with van der Waals surface area (Å²) in [7, 11) is 0. The summed E-state index contributed by atoms with van der Waals surface area (Å²) in [5.41, 5.74) is 0. The van der Waals surface area contributed by atoms with Crippen LogP contribution < -0.4 is 5.32 Å². The van der Waals surface area contributed by atoms with Crippen molar-refractivity contribution in [2.24, 2.45) is 0 Å². The predicted molar refractivity (Wildman–Crippen MR) is 286 cm³/mol. The van der Waals surface area contributed by atoms with E-state index in [4.69, 9.17) is 18.9 Å². The number of aliphatic hydroxyl groups is 8. The molecule has 2 fully saturated rings. The molecule has 2 saturated heterocycles. The van der Waals surface area contributed by atoms with Crippen LogP contribution in [-0.4, -0.2) is 140 Å². The highest BCUT2D eigenvalue weighted by atomic mass is 16.7. The van der Waals surface area contributed by atoms with Gasteiger partial charge >= 0.3 is 0 Å². The first-order chi connectivity index (χ1) is 35.1. The van der Waals surface area contributed by atoms with Crippen LogP contribution in [0, 0.1) is 0 Å². The summed E-state index contributed by atoms with van der Waals surface area (Å²) in [6, 6.07) is -0.915. The summed E-state index contributed by atoms with van der Waals surface area (Å²) < 4.78 is 22.5. The molecule has 14 nitrogen and oxygen atoms in total. The molecule has 0 aromatic carbocycles. The Morgan fingerprint density at radius 1 is 0.514 bits per heavy atom. The zero-order valence-corrected chi connectivity index (χ0v) is 43.9. The van der Waals surface area contributed by atoms with Gasteiger partial charge < -0.3 is 65.1 Å². The van der Waals surface area contributed by atoms with E-state index in [9.17, 15) is 45.6 Å². The summed E-state index contributed by atoms with van der Waals surface area (Å²) in [6.45, 7) is 2.42. The third-order valence-electron chi connectivity index (χ3n) is 12.8. The maximum atomic E-state index is 13.0. The molecule has 0 radical (unpaired) electrons. The van der Waals surface area contributed by atoms with Crippen molar-refractivity contribution in [3.63, 3.8) is 0 Å². The number of nitrogens with one attached hydrogen (secondary N) is 1. The first kappa shape index (κ1) is 65.0. The van der Waals surface area contributed by atoms with Crippen LogP contribution in [0.25, 0.3) is 0 Å². The minimum atomic E-state index is -1.79. The monoisotopic (exact) mass is 1020 g/mol. The van der Waals surface area contributed by atoms with E-state index in [1.807, 2.05) is 6.92 Å². The molecule has 9 N–H and O–H groups in total. The van der Waals surface area contributed by atoms with E-state index in [1.54, 1.807) is 12.2 Å². The minimum Gasteiger partial charge on any atom is -0.394 e. The fourth-order valence-corrected chi connectivity index (χ4v) is 8.34. The lowest BCUT2D eigenvalue weighted by molar-refractivity contribution is -0.359. The van der Waals surface area contributed by atoms with Gasteiger partial charge in [-0.3, -0.25) is 4.79 Å². The molecule has 2 rings (SSSR count). The van der Waals surface area contributed by atoms with Crippen molar-refractivity contribution in [3.8, 4) is 0 Å². The quantitative estimate of drug-likeness (QED) is 0.0208. The first-order valence-corrected chi connectivity index (χ1v) is 27.5. The van der Waals surface area contributed by atoms with Gasteiger partial charge in [0, 0.05) is 6.42 Å². The molecule has 2 aliphatic heterocycles. The third kappa shape index (κ3) is 29.1. The predicted octanol–water partition coefficient (Wildman–Crippen LogP) is 8.32. The maximum absolute atomic E-state index is 13.0. The Morgan fingerprint density at radius 2 is 0.958 bits per heavy atom. The molecule has 0 spiro atoms. The Bertz CT molecular complexity index is 1570. The van der Waals surface area contributed by atoms with Gasteiger partial charge in [0.2, 0.25) is 5.91 Å². The summed E-state index contributed by atoms with van der Waals surface area (Å²) in [5.74, 6) is -0.258. The Kier molecular flexibility index (Phi) is 39.0. The van der Waals surface area contributed by atoms with Crippen molar-refractivity contribution in [1.82, 2.24) is 5.32 Å². The summed E-state index contributed by atoms with van der Waals surface area (Å²) in [5, 5.41) is 85.9. The van der Waals surface area contributed by atoms with Crippen LogP contribution in [0.2, 0.25) is 0 Å². The standard InChI is InChI=1S/C58H97NO13/c1-3-5-7-8-9-10-11-12-13-14-15-16-17-18-19-20-21-22-23-24-25-26-27-28-29-30-31-32-33-34-35-36-37-38-40-42-50(63)59-46(47(62)41-39-6-4-2)45-69-57-55(68)53(66)56(49(44-61)71-57)72-58-54(67)52(65)51(64)48(43-60)70-58/h5,7,9-10,12-13,15-16,18-19,21-22,24-25,39,41,46-49,51-58,60-62,64-68H,3-4,6,8,11,14,17,20,23,26-38,40,42-45H2,1-2H3,(H,59,63)/b7-5-,10-9-,13-12-,16-15-,19-18-,22-21-,25-24-,41-39+. The fourth-order valence-electron chi connectivity index (χ4n) is 8.34. The van der Waals surface area contributed by atoms with Crippen molar-refractivity contribution in [1.29, 1.82) is 0 Å². The second-order valence-corrected chi connectivity index (χ2v) is 19.0. The van der Waals surface area contributed by atoms with Crippen LogP contribution >= 0.6 is 0 Å². The normalized spacial score (nSPS) is 26.4. The molecule has 2 aliphatic rings. The van der Waals surface area contributed by atoms with Crippen LogP contribution in [0.1, 0.15) is 168 Å². The number of allylic oxidation sites excluding steroid dienone is 15. The van der Waals surface area contributed by atoms with E-state index < -0.39 is 86.8 Å². The zero-order valence-electron chi connectivity index (χ0n) is 43.9. The number of carbonyl (C=O) groups excluding carboxylic acids is 1. The molecule has 14 heteroatoms. The minimum absolute atomic E-state index is 0.258. The lowest BCUT2D eigenvalue weighted by Crippen LogP contribution is -2.65. The number of aliphatic hydroxyl groups excluding tert-OH is 8. The molecule has 0 saturated carbocycles. The van der Waals surface area contributed by atoms with Crippen molar-refractivity contribution in [2.45, 2.75) is 242 Å². The number of hydrogen-bond donors (Lipinski definition) is 9. The molecule has 1 amide bonds. The molecule has 0 aliphatic carbocycles. The number of ether oxygens (including phenoxy) is 4. The molecule has 412 valence electrons. The van der Waals surface area contributed by atoms with Gasteiger partial charge in [-0.25, -0.2) is 0 Å². The summed E-state index contributed by atoms with van der Waals surface area (Å²) >= 11 is 0. The van der Waals surface area contributed by atoms with Gasteiger partial charge in [-0.15, -0.1) is 0 Å². The van der Waals surface area contributed by atoms with Gasteiger partial charge in [0.25, 0.3) is 0 Å². The first-order valence-electron chi connectivity index (χ1n) is 27.5. The SMILES string of the molecule is CC/C=C\C/C=C\C/C=C\C/C=C\C/C=C\C/C=C\C/C=C\CCCCCCCCCCCCCCCC(=O)NC(COC1OC(CO)C(OC2OC(CO)C(O)C(O)C2O)C(O)C1O)C(O)/C=C/CCC. The number of rotatable bonds is 41. The molecule has 12 atom stereocenters. The van der Waals surface area contributed by atoms with Gasteiger partial charge in [-0.05, 0) is 70.6 Å². The lowest BCUT2D eigenvalue weighted by Gasteiger charge is -2.46. The van der Waals surface area contributed by atoms with E-state index in [-0.39, 0.29) is 18.9 Å². The second kappa shape index (κ2) is 43.2. The fraction of sp³-hybridized carbons (Fsp3) is 0.707. The maximum Gasteiger partial charge on any atom is 0.220 e. The van der Waals surface area contributed by atoms with Crippen LogP contribution in [0.3, 0.4) is 0 Å². The van der Waals surface area contributed by atoms with E-state index >= 15 is 0 Å². The zero-order chi connectivity index (χ0) is 52.4. The largest absolute Gasteiger partial charge is 0.394 e. The van der Waals surface area contributed by atoms with Crippen LogP contribution in [-0.2, 0) is 23.7 Å². The van der Waals surface area contributed by atoms with Gasteiger partial charge in [0.15, 0.2) is 12.6 Å². The number of amides is 1. The highest BCUT2D eigenvalue weighted by molar-refractivity contribution is 5.76. The Hall–Kier alpha value is -3.09. The lowest BCUT2D eigenvalue weighted by atomic mass is 9.97. The van der Waals surface area contributed by atoms with Crippen molar-refractivity contribution >= 4 is 5.91 Å². The van der Waals surface area contributed by atoms with E-state index in [0.29, 0.717) is 6.42 Å². The summed E-state index contributed by atoms with van der Waals surface area (Å²) in [4.78, 5) is 13.0. The molecule has 2 heterocycles. The molecular formula is C58H97NO13. The second-order valence-electron chi connectivity index (χ2n) is 19.0. The van der Waals surface area contributed by atoms with Crippen molar-refractivity contribution in [2.75, 3.05) is 19.8 Å². The number of hydrogen-bond acceptors (Lipinski definition) is 13. The molecular weight excluding hydrogens is 919 g/mol.